The summed E-state index contributed by atoms with van der Waals surface area (Å²) >= 11 is 1.47. The third kappa shape index (κ3) is 5.47. The normalized spacial score (nSPS) is 11.3. The van der Waals surface area contributed by atoms with Gasteiger partial charge in [-0.1, -0.05) is 42.9 Å². The summed E-state index contributed by atoms with van der Waals surface area (Å²) in [5, 5.41) is 0.673. The fourth-order valence-corrected chi connectivity index (χ4v) is 5.35. The minimum absolute atomic E-state index is 0.0502. The van der Waals surface area contributed by atoms with Crippen LogP contribution >= 0.6 is 11.3 Å². The average molecular weight is 470 g/mol. The summed E-state index contributed by atoms with van der Waals surface area (Å²) in [5.41, 5.74) is 5.33. The SMILES string of the molecule is CCN(CC)CCN(C(=O)Cc1c(C)cc(C)cc1C)c1nc2c(OC)ccc(OC)c2s1. The molecule has 178 valence electrons. The number of nitrogens with zero attached hydrogens (tertiary/aromatic N) is 3. The Labute approximate surface area is 201 Å². The lowest BCUT2D eigenvalue weighted by atomic mass is 9.97. The highest BCUT2D eigenvalue weighted by Crippen LogP contribution is 2.40. The number of methoxy groups -OCH3 is 2. The lowest BCUT2D eigenvalue weighted by molar-refractivity contribution is -0.118. The smallest absolute Gasteiger partial charge is 0.233 e. The molecule has 0 radical (unpaired) electrons. The van der Waals surface area contributed by atoms with Gasteiger partial charge in [0.1, 0.15) is 21.7 Å². The summed E-state index contributed by atoms with van der Waals surface area (Å²) < 4.78 is 12.0. The number of hydrogen-bond donors (Lipinski definition) is 0. The maximum atomic E-state index is 13.7. The molecule has 1 aromatic heterocycles. The number of thiazole rings is 1. The van der Waals surface area contributed by atoms with Crippen LogP contribution in [0.5, 0.6) is 11.5 Å². The van der Waals surface area contributed by atoms with Gasteiger partial charge in [-0.15, -0.1) is 0 Å². The minimum atomic E-state index is 0.0502. The van der Waals surface area contributed by atoms with Gasteiger partial charge in [-0.05, 0) is 62.7 Å². The summed E-state index contributed by atoms with van der Waals surface area (Å²) in [6.45, 7) is 13.8. The van der Waals surface area contributed by atoms with Crippen LogP contribution in [0.1, 0.15) is 36.1 Å². The molecule has 33 heavy (non-hydrogen) atoms. The van der Waals surface area contributed by atoms with Gasteiger partial charge in [-0.3, -0.25) is 9.69 Å². The molecule has 0 aliphatic carbocycles. The Morgan fingerprint density at radius 3 is 2.15 bits per heavy atom. The largest absolute Gasteiger partial charge is 0.495 e. The first-order valence-corrected chi connectivity index (χ1v) is 12.2. The van der Waals surface area contributed by atoms with Crippen LogP contribution in [-0.4, -0.2) is 56.2 Å². The Bertz CT molecular complexity index is 1060. The molecule has 7 heteroatoms. The predicted octanol–water partition coefficient (Wildman–Crippen LogP) is 5.16. The molecule has 0 aliphatic rings. The number of rotatable bonds is 10. The van der Waals surface area contributed by atoms with E-state index in [0.717, 1.165) is 52.3 Å². The van der Waals surface area contributed by atoms with Crippen LogP contribution in [0, 0.1) is 20.8 Å². The lowest BCUT2D eigenvalue weighted by Gasteiger charge is -2.25. The molecule has 1 heterocycles. The summed E-state index contributed by atoms with van der Waals surface area (Å²) in [4.78, 5) is 22.7. The van der Waals surface area contributed by atoms with Gasteiger partial charge in [-0.25, -0.2) is 4.98 Å². The van der Waals surface area contributed by atoms with Crippen molar-refractivity contribution in [3.63, 3.8) is 0 Å². The molecule has 0 bridgehead atoms. The quantitative estimate of drug-likeness (QED) is 0.411. The number of carbonyl (C=O) groups excluding carboxylic acids is 1. The van der Waals surface area contributed by atoms with Crippen LogP contribution in [0.25, 0.3) is 10.2 Å². The van der Waals surface area contributed by atoms with Crippen molar-refractivity contribution in [3.05, 3.63) is 46.5 Å². The van der Waals surface area contributed by atoms with E-state index in [1.807, 2.05) is 17.0 Å². The number of ether oxygens (including phenoxy) is 2. The first-order chi connectivity index (χ1) is 15.8. The summed E-state index contributed by atoms with van der Waals surface area (Å²) in [5.74, 6) is 1.46. The first kappa shape index (κ1) is 25.0. The van der Waals surface area contributed by atoms with Gasteiger partial charge in [0.15, 0.2) is 5.13 Å². The zero-order chi connectivity index (χ0) is 24.1. The lowest BCUT2D eigenvalue weighted by Crippen LogP contribution is -2.39. The third-order valence-electron chi connectivity index (χ3n) is 6.13. The molecule has 0 unspecified atom stereocenters. The standard InChI is InChI=1S/C26H35N3O3S/c1-8-28(9-2)12-13-29(23(30)16-20-18(4)14-17(3)15-19(20)5)26-27-24-21(31-6)10-11-22(32-7)25(24)33-26/h10-11,14-15H,8-9,12-13,16H2,1-7H3. The van der Waals surface area contributed by atoms with Crippen molar-refractivity contribution < 1.29 is 14.3 Å². The van der Waals surface area contributed by atoms with Crippen LogP contribution in [0.2, 0.25) is 0 Å². The van der Waals surface area contributed by atoms with Crippen molar-refractivity contribution in [1.29, 1.82) is 0 Å². The number of anilines is 1. The molecular weight excluding hydrogens is 434 g/mol. The number of carbonyl (C=O) groups is 1. The van der Waals surface area contributed by atoms with Crippen LogP contribution < -0.4 is 14.4 Å². The number of aryl methyl sites for hydroxylation is 3. The highest BCUT2D eigenvalue weighted by atomic mass is 32.1. The van der Waals surface area contributed by atoms with Gasteiger partial charge in [0, 0.05) is 13.1 Å². The molecule has 0 N–H and O–H groups in total. The van der Waals surface area contributed by atoms with Crippen LogP contribution in [-0.2, 0) is 11.2 Å². The van der Waals surface area contributed by atoms with E-state index in [2.05, 4.69) is 51.7 Å². The maximum absolute atomic E-state index is 13.7. The van der Waals surface area contributed by atoms with Gasteiger partial charge in [-0.2, -0.15) is 0 Å². The topological polar surface area (TPSA) is 54.9 Å². The van der Waals surface area contributed by atoms with Crippen LogP contribution in [0.15, 0.2) is 24.3 Å². The highest BCUT2D eigenvalue weighted by molar-refractivity contribution is 7.22. The van der Waals surface area contributed by atoms with Gasteiger partial charge in [0.2, 0.25) is 5.91 Å². The number of likely N-dealkylation sites (N-methyl/N-ethyl adjacent to an activating group) is 1. The Hall–Kier alpha value is -2.64. The van der Waals surface area contributed by atoms with E-state index >= 15 is 0 Å². The highest BCUT2D eigenvalue weighted by Gasteiger charge is 2.24. The van der Waals surface area contributed by atoms with E-state index in [-0.39, 0.29) is 5.91 Å². The molecule has 0 fully saturated rings. The summed E-state index contributed by atoms with van der Waals surface area (Å²) in [6.07, 6.45) is 0.348. The number of hydrogen-bond acceptors (Lipinski definition) is 6. The van der Waals surface area contributed by atoms with E-state index in [0.29, 0.717) is 23.8 Å². The molecule has 0 spiro atoms. The van der Waals surface area contributed by atoms with Crippen molar-refractivity contribution in [1.82, 2.24) is 9.88 Å². The number of amides is 1. The van der Waals surface area contributed by atoms with Crippen molar-refractivity contribution in [2.45, 2.75) is 41.0 Å². The zero-order valence-corrected chi connectivity index (χ0v) is 21.6. The monoisotopic (exact) mass is 469 g/mol. The van der Waals surface area contributed by atoms with Gasteiger partial charge in [0.25, 0.3) is 0 Å². The molecule has 2 aromatic carbocycles. The molecular formula is C26H35N3O3S. The molecule has 0 saturated heterocycles. The van der Waals surface area contributed by atoms with Gasteiger partial charge < -0.3 is 14.4 Å². The Morgan fingerprint density at radius 2 is 1.58 bits per heavy atom. The fourth-order valence-electron chi connectivity index (χ4n) is 4.23. The summed E-state index contributed by atoms with van der Waals surface area (Å²) in [7, 11) is 3.28. The van der Waals surface area contributed by atoms with Crippen molar-refractivity contribution >= 4 is 32.6 Å². The van der Waals surface area contributed by atoms with Gasteiger partial charge >= 0.3 is 0 Å². The minimum Gasteiger partial charge on any atom is -0.495 e. The average Bonchev–Trinajstić information content (AvgIpc) is 3.23. The Morgan fingerprint density at radius 1 is 0.970 bits per heavy atom. The first-order valence-electron chi connectivity index (χ1n) is 11.4. The third-order valence-corrected chi connectivity index (χ3v) is 7.23. The van der Waals surface area contributed by atoms with E-state index < -0.39 is 0 Å². The second kappa shape index (κ2) is 11.0. The molecule has 1 amide bonds. The van der Waals surface area contributed by atoms with Crippen molar-refractivity contribution in [2.24, 2.45) is 0 Å². The zero-order valence-electron chi connectivity index (χ0n) is 20.8. The second-order valence-electron chi connectivity index (χ2n) is 8.27. The van der Waals surface area contributed by atoms with Crippen LogP contribution in [0.3, 0.4) is 0 Å². The Kier molecular flexibility index (Phi) is 8.32. The van der Waals surface area contributed by atoms with E-state index in [9.17, 15) is 4.79 Å². The summed E-state index contributed by atoms with van der Waals surface area (Å²) in [6, 6.07) is 8.02. The number of benzene rings is 2. The van der Waals surface area contributed by atoms with Crippen molar-refractivity contribution in [2.75, 3.05) is 45.3 Å². The number of fused-ring (bicyclic) bond motifs is 1. The van der Waals surface area contributed by atoms with E-state index in [4.69, 9.17) is 14.5 Å². The van der Waals surface area contributed by atoms with Crippen molar-refractivity contribution in [3.8, 4) is 11.5 Å². The van der Waals surface area contributed by atoms with Crippen LogP contribution in [0.4, 0.5) is 5.13 Å². The molecule has 6 nitrogen and oxygen atoms in total. The van der Waals surface area contributed by atoms with Gasteiger partial charge in [0.05, 0.1) is 20.6 Å². The molecule has 3 aromatic rings. The molecule has 0 aliphatic heterocycles. The predicted molar refractivity (Wildman–Crippen MR) is 137 cm³/mol. The second-order valence-corrected chi connectivity index (χ2v) is 9.25. The number of aromatic nitrogens is 1. The van der Waals surface area contributed by atoms with E-state index in [1.54, 1.807) is 14.2 Å². The maximum Gasteiger partial charge on any atom is 0.233 e. The Balaban J connectivity index is 2.02. The molecule has 0 saturated carbocycles. The van der Waals surface area contributed by atoms with E-state index in [1.165, 1.54) is 16.9 Å². The fraction of sp³-hybridized carbons (Fsp3) is 0.462. The molecule has 3 rings (SSSR count). The molecule has 0 atom stereocenters.